The van der Waals surface area contributed by atoms with Crippen LogP contribution in [0.1, 0.15) is 143 Å². The maximum atomic E-state index is 10.0. The number of hydrogen-bond donors (Lipinski definition) is 0. The monoisotopic (exact) mass is 842 g/mol. The van der Waals surface area contributed by atoms with Crippen molar-refractivity contribution in [3.8, 4) is 0 Å². The van der Waals surface area contributed by atoms with Gasteiger partial charge < -0.3 is 15.3 Å². The second-order valence-electron chi connectivity index (χ2n) is 15.5. The topological polar surface area (TPSA) is 62.4 Å². The van der Waals surface area contributed by atoms with Gasteiger partial charge in [0, 0.05) is 13.2 Å². The van der Waals surface area contributed by atoms with Gasteiger partial charge in [0.2, 0.25) is 0 Å². The Labute approximate surface area is 362 Å². The highest BCUT2D eigenvalue weighted by Gasteiger charge is 2.47. The lowest BCUT2D eigenvalue weighted by molar-refractivity contribution is -0.305. The van der Waals surface area contributed by atoms with Gasteiger partial charge in [-0.2, -0.15) is 5.16 Å². The van der Waals surface area contributed by atoms with Gasteiger partial charge in [0.1, 0.15) is 28.5 Å². The number of rotatable bonds is 24. The number of thiocarbonyl (C=S) groups is 1. The Hall–Kier alpha value is -2.99. The molecule has 0 N–H and O–H groups in total. The van der Waals surface area contributed by atoms with Crippen molar-refractivity contribution in [3.05, 3.63) is 126 Å². The first kappa shape index (κ1) is 53.0. The molecule has 0 aromatic heterocycles. The molecule has 6 heteroatoms. The third-order valence-electron chi connectivity index (χ3n) is 10.8. The molecule has 0 aliphatic carbocycles. The molecular formula is C52H77NO2P2S. The van der Waals surface area contributed by atoms with E-state index >= 15 is 0 Å². The first-order chi connectivity index (χ1) is 28.2. The normalized spacial score (nSPS) is 10.8. The molecule has 0 aliphatic heterocycles. The Bertz CT molecular complexity index is 1460. The molecule has 4 rings (SSSR count). The highest BCUT2D eigenvalue weighted by molar-refractivity contribution is 8.01. The van der Waals surface area contributed by atoms with Crippen LogP contribution in [0.25, 0.3) is 5.41 Å². The molecule has 0 bridgehead atoms. The average molecular weight is 842 g/mol. The summed E-state index contributed by atoms with van der Waals surface area (Å²) in [6, 6.07) is 42.1. The van der Waals surface area contributed by atoms with Crippen molar-refractivity contribution in [2.75, 3.05) is 24.6 Å². The van der Waals surface area contributed by atoms with Gasteiger partial charge in [0.25, 0.3) is 0 Å². The highest BCUT2D eigenvalue weighted by atomic mass is 32.1. The van der Waals surface area contributed by atoms with E-state index in [1.165, 1.54) is 115 Å². The Morgan fingerprint density at radius 2 is 0.793 bits per heavy atom. The van der Waals surface area contributed by atoms with E-state index in [0.717, 1.165) is 12.8 Å². The SMILES string of the molecule is CCCCCCCCCC(=O)[O-].CCCC[P+](CCCC)(CCCC)CCCC.Cc1ccc([P+](c2ccccc2)(c2ccccc2)c2ccccc2)cc1.[N-]=C=S. The van der Waals surface area contributed by atoms with Crippen LogP contribution >= 0.6 is 26.7 Å². The summed E-state index contributed by atoms with van der Waals surface area (Å²) in [4.78, 5) is 10.0. The maximum Gasteiger partial charge on any atom is 0.144 e. The summed E-state index contributed by atoms with van der Waals surface area (Å²) >= 11 is 3.70. The van der Waals surface area contributed by atoms with Crippen LogP contribution in [0.3, 0.4) is 0 Å². The van der Waals surface area contributed by atoms with Crippen molar-refractivity contribution in [2.24, 2.45) is 0 Å². The van der Waals surface area contributed by atoms with Crippen LogP contribution < -0.4 is 26.3 Å². The van der Waals surface area contributed by atoms with Crippen molar-refractivity contribution in [2.45, 2.75) is 144 Å². The lowest BCUT2D eigenvalue weighted by Gasteiger charge is -2.28. The third kappa shape index (κ3) is 20.3. The van der Waals surface area contributed by atoms with Crippen molar-refractivity contribution in [1.29, 1.82) is 0 Å². The number of aryl methyl sites for hydroxylation is 1. The molecule has 0 aliphatic rings. The summed E-state index contributed by atoms with van der Waals surface area (Å²) in [5.74, 6) is -0.913. The average Bonchev–Trinajstić information content (AvgIpc) is 3.25. The fourth-order valence-corrected chi connectivity index (χ4v) is 17.0. The molecule has 0 atom stereocenters. The smallest absolute Gasteiger partial charge is 0.144 e. The zero-order chi connectivity index (χ0) is 42.7. The molecule has 3 nitrogen and oxygen atoms in total. The number of isothiocyanates is 1. The quantitative estimate of drug-likeness (QED) is 0.0305. The second-order valence-corrected chi connectivity index (χ2v) is 23.6. The van der Waals surface area contributed by atoms with E-state index in [0.29, 0.717) is 0 Å². The minimum atomic E-state index is -1.93. The number of hydrogen-bond acceptors (Lipinski definition) is 3. The summed E-state index contributed by atoms with van der Waals surface area (Å²) in [6.45, 7) is 13.8. The van der Waals surface area contributed by atoms with E-state index in [4.69, 9.17) is 5.41 Å². The Balaban J connectivity index is 0.000000456. The Morgan fingerprint density at radius 1 is 0.500 bits per heavy atom. The van der Waals surface area contributed by atoms with Crippen LogP contribution in [0, 0.1) is 6.92 Å². The molecule has 58 heavy (non-hydrogen) atoms. The van der Waals surface area contributed by atoms with Crippen molar-refractivity contribution in [1.82, 2.24) is 0 Å². The van der Waals surface area contributed by atoms with Gasteiger partial charge in [0.05, 0.1) is 24.6 Å². The zero-order valence-electron chi connectivity index (χ0n) is 37.2. The lowest BCUT2D eigenvalue weighted by atomic mass is 10.1. The number of benzene rings is 4. The summed E-state index contributed by atoms with van der Waals surface area (Å²) in [7, 11) is -2.49. The van der Waals surface area contributed by atoms with Crippen molar-refractivity contribution < 1.29 is 9.90 Å². The molecule has 0 amide bonds. The molecule has 4 aromatic carbocycles. The molecule has 4 aromatic rings. The van der Waals surface area contributed by atoms with Crippen LogP contribution in [0.2, 0.25) is 0 Å². The molecule has 0 heterocycles. The fraction of sp³-hybridized carbons (Fsp3) is 0.500. The summed E-state index contributed by atoms with van der Waals surface area (Å²) in [5, 5.41) is 24.1. The van der Waals surface area contributed by atoms with E-state index in [1.54, 1.807) is 24.6 Å². The van der Waals surface area contributed by atoms with Gasteiger partial charge >= 0.3 is 0 Å². The Kier molecular flexibility index (Phi) is 30.9. The van der Waals surface area contributed by atoms with E-state index in [9.17, 15) is 9.90 Å². The van der Waals surface area contributed by atoms with E-state index in [2.05, 4.69) is 169 Å². The molecule has 0 spiro atoms. The predicted molar refractivity (Wildman–Crippen MR) is 266 cm³/mol. The van der Waals surface area contributed by atoms with Gasteiger partial charge in [-0.05, 0) is 94.0 Å². The van der Waals surface area contributed by atoms with Crippen molar-refractivity contribution in [3.63, 3.8) is 0 Å². The number of nitrogens with zero attached hydrogens (tertiary/aromatic N) is 1. The van der Waals surface area contributed by atoms with Crippen LogP contribution in [0.5, 0.6) is 0 Å². The van der Waals surface area contributed by atoms with Gasteiger partial charge in [-0.15, -0.1) is 0 Å². The number of carbonyl (C=O) groups excluding carboxylic acids is 1. The van der Waals surface area contributed by atoms with E-state index in [1.807, 2.05) is 0 Å². The Morgan fingerprint density at radius 3 is 1.10 bits per heavy atom. The molecule has 0 fully saturated rings. The van der Waals surface area contributed by atoms with Crippen LogP contribution in [-0.4, -0.2) is 35.8 Å². The maximum absolute atomic E-state index is 10.0. The molecular weight excluding hydrogens is 765 g/mol. The summed E-state index contributed by atoms with van der Waals surface area (Å²) < 4.78 is 0. The molecule has 0 unspecified atom stereocenters. The van der Waals surface area contributed by atoms with Gasteiger partial charge in [-0.1, -0.05) is 183 Å². The molecule has 0 saturated heterocycles. The number of carboxylic acid groups (broad SMARTS) is 1. The molecule has 0 saturated carbocycles. The summed E-state index contributed by atoms with van der Waals surface area (Å²) in [5.41, 5.74) is 1.29. The van der Waals surface area contributed by atoms with Crippen LogP contribution in [0.4, 0.5) is 0 Å². The van der Waals surface area contributed by atoms with Crippen LogP contribution in [0.15, 0.2) is 115 Å². The lowest BCUT2D eigenvalue weighted by Crippen LogP contribution is -2.38. The number of carbonyl (C=O) groups is 1. The molecule has 0 radical (unpaired) electrons. The third-order valence-corrected chi connectivity index (χ3v) is 20.1. The van der Waals surface area contributed by atoms with Gasteiger partial charge in [-0.25, -0.2) is 0 Å². The van der Waals surface area contributed by atoms with E-state index in [-0.39, 0.29) is 6.42 Å². The first-order valence-electron chi connectivity index (χ1n) is 22.4. The number of unbranched alkanes of at least 4 members (excludes halogenated alkanes) is 10. The number of carboxylic acids is 1. The molecule has 318 valence electrons. The predicted octanol–water partition coefficient (Wildman–Crippen LogP) is 13.4. The van der Waals surface area contributed by atoms with E-state index < -0.39 is 20.5 Å². The highest BCUT2D eigenvalue weighted by Crippen LogP contribution is 2.61. The van der Waals surface area contributed by atoms with Crippen molar-refractivity contribution >= 4 is 59.1 Å². The standard InChI is InChI=1S/C25H22P.C16H36P.C10H20O2.CNS/c1-21-17-19-25(20-18-21)26(22-11-5-2-6-12-22,23-13-7-3-8-14-23)24-15-9-4-10-16-24;1-5-9-13-17(14-10-6-2,15-11-7-3)16-12-8-4;1-2-3-4-5-6-7-8-9-10(11)12;2-1-3/h2-20H,1H3;5-16H2,1-4H3;2-9H2,1H3,(H,11,12);/q2*+1;;-1/p-1. The van der Waals surface area contributed by atoms with Gasteiger partial charge in [0.15, 0.2) is 0 Å². The summed E-state index contributed by atoms with van der Waals surface area (Å²) in [6.07, 6.45) is 26.3. The second kappa shape index (κ2) is 33.8. The minimum absolute atomic E-state index is 0.230. The number of aliphatic carboxylic acids is 1. The van der Waals surface area contributed by atoms with Gasteiger partial charge in [-0.3, -0.25) is 0 Å². The van der Waals surface area contributed by atoms with Crippen LogP contribution in [-0.2, 0) is 4.79 Å². The first-order valence-corrected chi connectivity index (χ1v) is 27.2. The minimum Gasteiger partial charge on any atom is -0.753 e. The fourth-order valence-electron chi connectivity index (χ4n) is 7.49. The zero-order valence-corrected chi connectivity index (χ0v) is 39.8. The largest absolute Gasteiger partial charge is 0.753 e.